The Morgan fingerprint density at radius 3 is 3.12 bits per heavy atom. The molecule has 2 aliphatic heterocycles. The molecule has 16 heavy (non-hydrogen) atoms. The Balaban J connectivity index is 2.00. The lowest BCUT2D eigenvalue weighted by atomic mass is 9.87. The van der Waals surface area contributed by atoms with Gasteiger partial charge in [0.05, 0.1) is 0 Å². The van der Waals surface area contributed by atoms with E-state index >= 15 is 0 Å². The Hall–Kier alpha value is -0.770. The van der Waals surface area contributed by atoms with E-state index in [9.17, 15) is 0 Å². The van der Waals surface area contributed by atoms with Crippen LogP contribution >= 0.6 is 11.6 Å². The molecule has 1 aromatic carbocycles. The van der Waals surface area contributed by atoms with E-state index in [0.717, 1.165) is 37.2 Å². The minimum Gasteiger partial charge on any atom is -0.485 e. The Kier molecular flexibility index (Phi) is 2.35. The fraction of sp³-hybridized carbons (Fsp3) is 0.500. The minimum absolute atomic E-state index is 0.0564. The van der Waals surface area contributed by atoms with Crippen molar-refractivity contribution in [1.82, 2.24) is 5.32 Å². The van der Waals surface area contributed by atoms with E-state index in [1.165, 1.54) is 0 Å². The fourth-order valence-corrected chi connectivity index (χ4v) is 2.83. The van der Waals surface area contributed by atoms with Gasteiger partial charge in [-0.2, -0.15) is 0 Å². The van der Waals surface area contributed by atoms with Crippen LogP contribution < -0.4 is 15.8 Å². The number of nitrogens with two attached hydrogens (primary N) is 1. The van der Waals surface area contributed by atoms with E-state index in [-0.39, 0.29) is 11.6 Å². The zero-order chi connectivity index (χ0) is 11.2. The van der Waals surface area contributed by atoms with Gasteiger partial charge in [0.15, 0.2) is 0 Å². The number of nitrogens with one attached hydrogen (secondary N) is 1. The van der Waals surface area contributed by atoms with Gasteiger partial charge in [-0.1, -0.05) is 17.7 Å². The second-order valence-electron chi connectivity index (χ2n) is 4.70. The molecule has 3 rings (SSSR count). The van der Waals surface area contributed by atoms with Crippen LogP contribution in [0.1, 0.15) is 24.4 Å². The lowest BCUT2D eigenvalue weighted by Crippen LogP contribution is -2.44. The Morgan fingerprint density at radius 2 is 2.38 bits per heavy atom. The van der Waals surface area contributed by atoms with Gasteiger partial charge in [-0.3, -0.25) is 0 Å². The maximum Gasteiger partial charge on any atom is 0.126 e. The molecule has 4 heteroatoms. The van der Waals surface area contributed by atoms with Crippen molar-refractivity contribution in [2.24, 2.45) is 5.73 Å². The van der Waals surface area contributed by atoms with Crippen molar-refractivity contribution >= 4 is 11.6 Å². The zero-order valence-electron chi connectivity index (χ0n) is 9.00. The summed E-state index contributed by atoms with van der Waals surface area (Å²) >= 11 is 5.98. The van der Waals surface area contributed by atoms with Gasteiger partial charge in [0.1, 0.15) is 11.4 Å². The molecule has 0 aliphatic carbocycles. The number of hydrogen-bond acceptors (Lipinski definition) is 3. The van der Waals surface area contributed by atoms with E-state index in [1.54, 1.807) is 0 Å². The standard InChI is InChI=1S/C12H15ClN2O/c13-8-1-2-9-10(14)6-12(3-4-15-7-12)16-11(9)5-8/h1-2,5,10,15H,3-4,6-7,14H2. The second kappa shape index (κ2) is 3.62. The molecule has 2 heterocycles. The summed E-state index contributed by atoms with van der Waals surface area (Å²) in [6.07, 6.45) is 1.90. The number of rotatable bonds is 0. The van der Waals surface area contributed by atoms with Gasteiger partial charge < -0.3 is 15.8 Å². The highest BCUT2D eigenvalue weighted by molar-refractivity contribution is 6.30. The van der Waals surface area contributed by atoms with E-state index in [2.05, 4.69) is 5.32 Å². The smallest absolute Gasteiger partial charge is 0.126 e. The van der Waals surface area contributed by atoms with Crippen molar-refractivity contribution in [2.45, 2.75) is 24.5 Å². The first-order valence-corrected chi connectivity index (χ1v) is 6.01. The van der Waals surface area contributed by atoms with Crippen LogP contribution in [0.2, 0.25) is 5.02 Å². The number of fused-ring (bicyclic) bond motifs is 1. The molecule has 1 saturated heterocycles. The first kappa shape index (κ1) is 10.4. The van der Waals surface area contributed by atoms with Crippen molar-refractivity contribution in [1.29, 1.82) is 0 Å². The Bertz CT molecular complexity index is 415. The summed E-state index contributed by atoms with van der Waals surface area (Å²) in [5, 5.41) is 4.04. The maximum absolute atomic E-state index is 6.20. The first-order chi connectivity index (χ1) is 7.69. The Labute approximate surface area is 99.9 Å². The molecule has 86 valence electrons. The third-order valence-corrected chi connectivity index (χ3v) is 3.73. The minimum atomic E-state index is -0.114. The fourth-order valence-electron chi connectivity index (χ4n) is 2.67. The molecule has 0 radical (unpaired) electrons. The van der Waals surface area contributed by atoms with Crippen LogP contribution in [0.3, 0.4) is 0 Å². The average molecular weight is 239 g/mol. The number of hydrogen-bond donors (Lipinski definition) is 2. The molecule has 2 aliphatic rings. The van der Waals surface area contributed by atoms with Crippen LogP contribution in [0.5, 0.6) is 5.75 Å². The Morgan fingerprint density at radius 1 is 1.50 bits per heavy atom. The van der Waals surface area contributed by atoms with Crippen LogP contribution in [-0.4, -0.2) is 18.7 Å². The quantitative estimate of drug-likeness (QED) is 0.725. The SMILES string of the molecule is NC1CC2(CCNC2)Oc2cc(Cl)ccc21. The molecule has 0 amide bonds. The van der Waals surface area contributed by atoms with Crippen molar-refractivity contribution in [2.75, 3.05) is 13.1 Å². The first-order valence-electron chi connectivity index (χ1n) is 5.63. The van der Waals surface area contributed by atoms with Gasteiger partial charge in [-0.05, 0) is 18.7 Å². The molecule has 1 spiro atoms. The van der Waals surface area contributed by atoms with E-state index in [1.807, 2.05) is 18.2 Å². The molecule has 1 aromatic rings. The number of halogens is 1. The molecule has 3 nitrogen and oxygen atoms in total. The number of benzene rings is 1. The van der Waals surface area contributed by atoms with E-state index in [4.69, 9.17) is 22.1 Å². The third-order valence-electron chi connectivity index (χ3n) is 3.50. The molecular formula is C12H15ClN2O. The molecular weight excluding hydrogens is 224 g/mol. The summed E-state index contributed by atoms with van der Waals surface area (Å²) in [4.78, 5) is 0. The normalized spacial score (nSPS) is 32.5. The molecule has 0 saturated carbocycles. The molecule has 1 fully saturated rings. The topological polar surface area (TPSA) is 47.3 Å². The molecule has 2 unspecified atom stereocenters. The van der Waals surface area contributed by atoms with E-state index in [0.29, 0.717) is 5.02 Å². The predicted molar refractivity (Wildman–Crippen MR) is 63.8 cm³/mol. The third kappa shape index (κ3) is 1.59. The highest BCUT2D eigenvalue weighted by Gasteiger charge is 2.42. The van der Waals surface area contributed by atoms with Crippen LogP contribution in [0.15, 0.2) is 18.2 Å². The highest BCUT2D eigenvalue weighted by Crippen LogP contribution is 2.41. The van der Waals surface area contributed by atoms with Crippen LogP contribution in [-0.2, 0) is 0 Å². The van der Waals surface area contributed by atoms with Crippen molar-refractivity contribution in [3.05, 3.63) is 28.8 Å². The average Bonchev–Trinajstić information content (AvgIpc) is 2.65. The molecule has 0 aromatic heterocycles. The van der Waals surface area contributed by atoms with Gasteiger partial charge in [-0.25, -0.2) is 0 Å². The highest BCUT2D eigenvalue weighted by atomic mass is 35.5. The molecule has 2 atom stereocenters. The molecule has 0 bridgehead atoms. The summed E-state index contributed by atoms with van der Waals surface area (Å²) in [5.74, 6) is 0.856. The van der Waals surface area contributed by atoms with Crippen LogP contribution in [0, 0.1) is 0 Å². The van der Waals surface area contributed by atoms with E-state index < -0.39 is 0 Å². The second-order valence-corrected chi connectivity index (χ2v) is 5.14. The van der Waals surface area contributed by atoms with Crippen LogP contribution in [0.4, 0.5) is 0 Å². The number of ether oxygens (including phenoxy) is 1. The summed E-state index contributed by atoms with van der Waals surface area (Å²) < 4.78 is 6.10. The summed E-state index contributed by atoms with van der Waals surface area (Å²) in [6, 6.07) is 5.77. The molecule has 3 N–H and O–H groups in total. The van der Waals surface area contributed by atoms with Gasteiger partial charge >= 0.3 is 0 Å². The lowest BCUT2D eigenvalue weighted by molar-refractivity contribution is 0.0554. The van der Waals surface area contributed by atoms with Gasteiger partial charge in [0, 0.05) is 36.0 Å². The van der Waals surface area contributed by atoms with Crippen molar-refractivity contribution in [3.8, 4) is 5.75 Å². The summed E-state index contributed by atoms with van der Waals surface area (Å²) in [5.41, 5.74) is 7.16. The van der Waals surface area contributed by atoms with Gasteiger partial charge in [-0.15, -0.1) is 0 Å². The van der Waals surface area contributed by atoms with Crippen LogP contribution in [0.25, 0.3) is 0 Å². The largest absolute Gasteiger partial charge is 0.485 e. The summed E-state index contributed by atoms with van der Waals surface area (Å²) in [7, 11) is 0. The van der Waals surface area contributed by atoms with Crippen molar-refractivity contribution in [3.63, 3.8) is 0 Å². The monoisotopic (exact) mass is 238 g/mol. The summed E-state index contributed by atoms with van der Waals surface area (Å²) in [6.45, 7) is 1.88. The van der Waals surface area contributed by atoms with Gasteiger partial charge in [0.25, 0.3) is 0 Å². The lowest BCUT2D eigenvalue weighted by Gasteiger charge is -2.38. The zero-order valence-corrected chi connectivity index (χ0v) is 9.76. The maximum atomic E-state index is 6.20. The van der Waals surface area contributed by atoms with Gasteiger partial charge in [0.2, 0.25) is 0 Å². The predicted octanol–water partition coefficient (Wildman–Crippen LogP) is 1.85. The van der Waals surface area contributed by atoms with Crippen molar-refractivity contribution < 1.29 is 4.74 Å².